The molecule has 2 heterocycles. The van der Waals surface area contributed by atoms with E-state index in [1.165, 1.54) is 35.5 Å². The fraction of sp³-hybridized carbons (Fsp3) is 0.233. The molecule has 0 spiro atoms. The first kappa shape index (κ1) is 27.0. The van der Waals surface area contributed by atoms with E-state index in [2.05, 4.69) is 11.9 Å². The Bertz CT molecular complexity index is 1630. The number of Topliss-reactive ketones (excluding diaryl/α,β-unsaturated/α-hetero) is 1. The number of phenols is 1. The molecule has 2 N–H and O–H groups in total. The Morgan fingerprint density at radius 2 is 1.85 bits per heavy atom. The van der Waals surface area contributed by atoms with E-state index in [0.29, 0.717) is 34.7 Å². The van der Waals surface area contributed by atoms with Crippen molar-refractivity contribution in [3.05, 3.63) is 77.4 Å². The number of aromatic nitrogens is 1. The minimum Gasteiger partial charge on any atom is -0.507 e. The molecule has 3 aromatic carbocycles. The van der Waals surface area contributed by atoms with Crippen molar-refractivity contribution in [2.75, 3.05) is 25.7 Å². The van der Waals surface area contributed by atoms with Gasteiger partial charge in [-0.3, -0.25) is 14.5 Å². The predicted molar refractivity (Wildman–Crippen MR) is 152 cm³/mol. The van der Waals surface area contributed by atoms with Gasteiger partial charge in [0.1, 0.15) is 17.3 Å². The van der Waals surface area contributed by atoms with E-state index in [0.717, 1.165) is 17.5 Å². The van der Waals surface area contributed by atoms with Crippen LogP contribution < -0.4 is 19.1 Å². The molecule has 1 unspecified atom stereocenters. The van der Waals surface area contributed by atoms with E-state index in [-0.39, 0.29) is 28.0 Å². The van der Waals surface area contributed by atoms with Gasteiger partial charge in [0.05, 0.1) is 42.7 Å². The molecule has 1 fully saturated rings. The molecular weight excluding hydrogens is 532 g/mol. The van der Waals surface area contributed by atoms with Crippen molar-refractivity contribution in [3.8, 4) is 23.0 Å². The van der Waals surface area contributed by atoms with Crippen LogP contribution in [0.3, 0.4) is 0 Å². The van der Waals surface area contributed by atoms with E-state index in [9.17, 15) is 19.8 Å². The van der Waals surface area contributed by atoms with Crippen molar-refractivity contribution >= 4 is 44.1 Å². The zero-order valence-electron chi connectivity index (χ0n) is 22.2. The fourth-order valence-electron chi connectivity index (χ4n) is 4.56. The second-order valence-electron chi connectivity index (χ2n) is 9.16. The standard InChI is InChI=1S/C30H28N2O7S/c1-4-5-13-39-20-8-6-7-18(14-20)27(34)25-26(17-9-12-22(33)23(15-17)38-3)32(29(36)28(25)35)30-31-21-11-10-19(37-2)16-24(21)40-30/h6-12,14-16,26,33-34H,4-5,13H2,1-3H3/b27-25+. The Balaban J connectivity index is 1.67. The summed E-state index contributed by atoms with van der Waals surface area (Å²) in [5.41, 5.74) is 1.29. The lowest BCUT2D eigenvalue weighted by atomic mass is 9.95. The molecule has 0 aliphatic carbocycles. The van der Waals surface area contributed by atoms with Crippen LogP contribution in [0, 0.1) is 0 Å². The topological polar surface area (TPSA) is 118 Å². The van der Waals surface area contributed by atoms with E-state index >= 15 is 0 Å². The van der Waals surface area contributed by atoms with Crippen LogP contribution in [0.15, 0.2) is 66.2 Å². The molecule has 206 valence electrons. The quantitative estimate of drug-likeness (QED) is 0.114. The zero-order valence-corrected chi connectivity index (χ0v) is 23.0. The number of anilines is 1. The molecule has 0 radical (unpaired) electrons. The minimum atomic E-state index is -1.04. The van der Waals surface area contributed by atoms with Gasteiger partial charge in [-0.1, -0.05) is 42.9 Å². The summed E-state index contributed by atoms with van der Waals surface area (Å²) in [4.78, 5) is 33.0. The zero-order chi connectivity index (χ0) is 28.4. The van der Waals surface area contributed by atoms with Crippen molar-refractivity contribution in [2.45, 2.75) is 25.8 Å². The van der Waals surface area contributed by atoms with Crippen molar-refractivity contribution in [3.63, 3.8) is 0 Å². The number of carbonyl (C=O) groups excluding carboxylic acids is 2. The number of methoxy groups -OCH3 is 2. The van der Waals surface area contributed by atoms with Gasteiger partial charge in [-0.25, -0.2) is 4.98 Å². The Morgan fingerprint density at radius 1 is 1.02 bits per heavy atom. The first-order chi connectivity index (χ1) is 19.4. The number of aromatic hydroxyl groups is 1. The van der Waals surface area contributed by atoms with Crippen LogP contribution >= 0.6 is 11.3 Å². The lowest BCUT2D eigenvalue weighted by Crippen LogP contribution is -2.29. The van der Waals surface area contributed by atoms with Gasteiger partial charge >= 0.3 is 5.91 Å². The predicted octanol–water partition coefficient (Wildman–Crippen LogP) is 5.82. The number of hydrogen-bond donors (Lipinski definition) is 2. The van der Waals surface area contributed by atoms with Crippen LogP contribution in [0.2, 0.25) is 0 Å². The van der Waals surface area contributed by atoms with E-state index in [1.54, 1.807) is 55.6 Å². The van der Waals surface area contributed by atoms with Gasteiger partial charge in [-0.2, -0.15) is 0 Å². The minimum absolute atomic E-state index is 0.104. The van der Waals surface area contributed by atoms with Gasteiger partial charge in [0.15, 0.2) is 16.6 Å². The Kier molecular flexibility index (Phi) is 7.61. The van der Waals surface area contributed by atoms with Crippen molar-refractivity contribution in [2.24, 2.45) is 0 Å². The van der Waals surface area contributed by atoms with E-state index < -0.39 is 17.7 Å². The van der Waals surface area contributed by atoms with Crippen LogP contribution in [0.4, 0.5) is 5.13 Å². The average Bonchev–Trinajstić information content (AvgIpc) is 3.50. The molecule has 10 heteroatoms. The molecule has 1 saturated heterocycles. The maximum absolute atomic E-state index is 13.6. The van der Waals surface area contributed by atoms with Crippen molar-refractivity contribution in [1.29, 1.82) is 0 Å². The van der Waals surface area contributed by atoms with Gasteiger partial charge in [0, 0.05) is 5.56 Å². The van der Waals surface area contributed by atoms with Gasteiger partial charge in [-0.15, -0.1) is 0 Å². The number of rotatable bonds is 9. The summed E-state index contributed by atoms with van der Waals surface area (Å²) in [5, 5.41) is 22.0. The highest BCUT2D eigenvalue weighted by Crippen LogP contribution is 2.46. The molecule has 0 saturated carbocycles. The largest absolute Gasteiger partial charge is 0.507 e. The van der Waals surface area contributed by atoms with Crippen LogP contribution in [0.25, 0.3) is 16.0 Å². The van der Waals surface area contributed by atoms with Crippen LogP contribution in [-0.2, 0) is 9.59 Å². The number of aliphatic hydroxyl groups excluding tert-OH is 1. The van der Waals surface area contributed by atoms with Gasteiger partial charge < -0.3 is 24.4 Å². The van der Waals surface area contributed by atoms with Crippen LogP contribution in [0.1, 0.15) is 36.9 Å². The number of ketones is 1. The number of thiazole rings is 1. The number of carbonyl (C=O) groups is 2. The second kappa shape index (κ2) is 11.3. The number of unbranched alkanes of at least 4 members (excludes halogenated alkanes) is 1. The van der Waals surface area contributed by atoms with Crippen LogP contribution in [-0.4, -0.2) is 47.7 Å². The van der Waals surface area contributed by atoms with E-state index in [4.69, 9.17) is 14.2 Å². The SMILES string of the molecule is CCCCOc1cccc(/C(O)=C2\C(=O)C(=O)N(c3nc4ccc(OC)cc4s3)C2c2ccc(O)c(OC)c2)c1. The van der Waals surface area contributed by atoms with Gasteiger partial charge in [0.25, 0.3) is 5.78 Å². The molecule has 1 atom stereocenters. The highest BCUT2D eigenvalue weighted by molar-refractivity contribution is 7.22. The summed E-state index contributed by atoms with van der Waals surface area (Å²) in [6.07, 6.45) is 1.84. The van der Waals surface area contributed by atoms with Crippen molar-refractivity contribution < 1.29 is 34.0 Å². The van der Waals surface area contributed by atoms with Gasteiger partial charge in [0.2, 0.25) is 0 Å². The summed E-state index contributed by atoms with van der Waals surface area (Å²) in [6.45, 7) is 2.58. The Hall–Kier alpha value is -4.57. The number of fused-ring (bicyclic) bond motifs is 1. The first-order valence-corrected chi connectivity index (χ1v) is 13.5. The first-order valence-electron chi connectivity index (χ1n) is 12.7. The number of hydrogen-bond acceptors (Lipinski definition) is 9. The third-order valence-corrected chi connectivity index (χ3v) is 7.65. The normalized spacial score (nSPS) is 16.5. The Morgan fingerprint density at radius 3 is 2.60 bits per heavy atom. The summed E-state index contributed by atoms with van der Waals surface area (Å²) in [5.74, 6) is -0.818. The summed E-state index contributed by atoms with van der Waals surface area (Å²) < 4.78 is 17.2. The van der Waals surface area contributed by atoms with Crippen molar-refractivity contribution in [1.82, 2.24) is 4.98 Å². The number of benzene rings is 3. The molecule has 1 aliphatic rings. The third-order valence-electron chi connectivity index (χ3n) is 6.63. The molecule has 40 heavy (non-hydrogen) atoms. The summed E-state index contributed by atoms with van der Waals surface area (Å²) in [7, 11) is 2.96. The smallest absolute Gasteiger partial charge is 0.301 e. The highest BCUT2D eigenvalue weighted by Gasteiger charge is 2.48. The lowest BCUT2D eigenvalue weighted by Gasteiger charge is -2.23. The maximum atomic E-state index is 13.6. The van der Waals surface area contributed by atoms with Gasteiger partial charge in [-0.05, 0) is 54.4 Å². The highest BCUT2D eigenvalue weighted by atomic mass is 32.1. The van der Waals surface area contributed by atoms with E-state index in [1.807, 2.05) is 0 Å². The molecule has 9 nitrogen and oxygen atoms in total. The molecule has 1 aliphatic heterocycles. The maximum Gasteiger partial charge on any atom is 0.301 e. The number of nitrogens with zero attached hydrogens (tertiary/aromatic N) is 2. The molecule has 1 amide bonds. The second-order valence-corrected chi connectivity index (χ2v) is 10.2. The average molecular weight is 561 g/mol. The molecule has 1 aromatic heterocycles. The number of phenolic OH excluding ortho intramolecular Hbond substituents is 1. The fourth-order valence-corrected chi connectivity index (χ4v) is 5.58. The molecule has 4 aromatic rings. The number of ether oxygens (including phenoxy) is 3. The third kappa shape index (κ3) is 4.93. The summed E-state index contributed by atoms with van der Waals surface area (Å²) in [6, 6.07) is 15.6. The molecular formula is C30H28N2O7S. The Labute approximate surface area is 234 Å². The van der Waals surface area contributed by atoms with Crippen LogP contribution in [0.5, 0.6) is 23.0 Å². The lowest BCUT2D eigenvalue weighted by molar-refractivity contribution is -0.132. The monoisotopic (exact) mass is 560 g/mol. The molecule has 5 rings (SSSR count). The molecule has 0 bridgehead atoms. The number of aliphatic hydroxyl groups is 1. The number of amides is 1. The summed E-state index contributed by atoms with van der Waals surface area (Å²) >= 11 is 1.22.